The minimum Gasteiger partial charge on any atom is -0.493 e. The van der Waals surface area contributed by atoms with Crippen LogP contribution in [0.3, 0.4) is 0 Å². The summed E-state index contributed by atoms with van der Waals surface area (Å²) >= 11 is 0. The zero-order chi connectivity index (χ0) is 21.6. The first kappa shape index (κ1) is 24.2. The predicted molar refractivity (Wildman–Crippen MR) is 114 cm³/mol. The van der Waals surface area contributed by atoms with Crippen LogP contribution in [-0.2, 0) is 16.0 Å². The van der Waals surface area contributed by atoms with Gasteiger partial charge >= 0.3 is 11.9 Å². The van der Waals surface area contributed by atoms with Crippen molar-refractivity contribution >= 4 is 11.9 Å². The van der Waals surface area contributed by atoms with E-state index in [0.29, 0.717) is 5.92 Å². The highest BCUT2D eigenvalue weighted by atomic mass is 16.5. The normalized spacial score (nSPS) is 10.2. The summed E-state index contributed by atoms with van der Waals surface area (Å²) in [5.41, 5.74) is 3.94. The maximum Gasteiger partial charge on any atom is 0.414 e. The number of carbonyl (C=O) groups is 2. The van der Waals surface area contributed by atoms with Gasteiger partial charge in [-0.25, -0.2) is 9.59 Å². The Hall–Kier alpha value is -2.86. The van der Waals surface area contributed by atoms with Crippen LogP contribution in [0.15, 0.2) is 48.5 Å². The molecule has 0 unspecified atom stereocenters. The van der Waals surface area contributed by atoms with Gasteiger partial charge < -0.3 is 20.3 Å². The van der Waals surface area contributed by atoms with E-state index < -0.39 is 11.9 Å². The van der Waals surface area contributed by atoms with Crippen molar-refractivity contribution in [2.45, 2.75) is 39.5 Å². The number of hydrogen-bond acceptors (Lipinski definition) is 4. The van der Waals surface area contributed by atoms with Crippen LogP contribution in [0.5, 0.6) is 5.75 Å². The molecule has 6 nitrogen and oxygen atoms in total. The summed E-state index contributed by atoms with van der Waals surface area (Å²) in [5.74, 6) is -2.11. The minimum atomic E-state index is -1.82. The highest BCUT2D eigenvalue weighted by molar-refractivity contribution is 6.27. The molecule has 0 radical (unpaired) electrons. The third-order valence-corrected chi connectivity index (χ3v) is 4.16. The van der Waals surface area contributed by atoms with Crippen LogP contribution in [0.1, 0.15) is 42.9 Å². The molecule has 2 rings (SSSR count). The summed E-state index contributed by atoms with van der Waals surface area (Å²) in [6, 6.07) is 17.1. The number of hydrogen-bond donors (Lipinski definition) is 3. The summed E-state index contributed by atoms with van der Waals surface area (Å²) < 4.78 is 6.00. The zero-order valence-corrected chi connectivity index (χ0v) is 17.4. The van der Waals surface area contributed by atoms with Gasteiger partial charge in [0.2, 0.25) is 0 Å². The number of benzene rings is 2. The molecule has 0 aliphatic carbocycles. The summed E-state index contributed by atoms with van der Waals surface area (Å²) in [4.78, 5) is 18.2. The maximum atomic E-state index is 9.10. The molecule has 2 aromatic rings. The van der Waals surface area contributed by atoms with E-state index in [1.165, 1.54) is 16.7 Å². The molecule has 0 amide bonds. The van der Waals surface area contributed by atoms with Gasteiger partial charge in [0.15, 0.2) is 0 Å². The average Bonchev–Trinajstić information content (AvgIpc) is 2.68. The minimum absolute atomic E-state index is 0.495. The number of aliphatic carboxylic acids is 2. The predicted octanol–water partition coefficient (Wildman–Crippen LogP) is 3.88. The fourth-order valence-electron chi connectivity index (χ4n) is 2.63. The van der Waals surface area contributed by atoms with Crippen LogP contribution in [0.4, 0.5) is 0 Å². The lowest BCUT2D eigenvalue weighted by Gasteiger charge is -2.15. The number of nitrogens with one attached hydrogen (secondary N) is 1. The largest absolute Gasteiger partial charge is 0.493 e. The second-order valence-electron chi connectivity index (χ2n) is 6.99. The SMILES string of the molecule is Cc1ccc(C(C)C)c(OCCCNCCc2ccccc2)c1.O=C(O)C(=O)O. The van der Waals surface area contributed by atoms with Gasteiger partial charge in [0, 0.05) is 0 Å². The monoisotopic (exact) mass is 401 g/mol. The Morgan fingerprint density at radius 1 is 1.00 bits per heavy atom. The van der Waals surface area contributed by atoms with Crippen molar-refractivity contribution in [2.24, 2.45) is 0 Å². The van der Waals surface area contributed by atoms with E-state index in [4.69, 9.17) is 24.5 Å². The van der Waals surface area contributed by atoms with Gasteiger partial charge in [-0.15, -0.1) is 0 Å². The Morgan fingerprint density at radius 2 is 1.66 bits per heavy atom. The third kappa shape index (κ3) is 10.3. The molecule has 158 valence electrons. The molecule has 0 bridgehead atoms. The van der Waals surface area contributed by atoms with Crippen molar-refractivity contribution in [1.82, 2.24) is 5.32 Å². The van der Waals surface area contributed by atoms with Crippen molar-refractivity contribution < 1.29 is 24.5 Å². The molecule has 0 atom stereocenters. The summed E-state index contributed by atoms with van der Waals surface area (Å²) in [5, 5.41) is 18.3. The summed E-state index contributed by atoms with van der Waals surface area (Å²) in [7, 11) is 0. The molecule has 0 saturated heterocycles. The third-order valence-electron chi connectivity index (χ3n) is 4.16. The number of ether oxygens (including phenoxy) is 1. The molecule has 0 saturated carbocycles. The van der Waals surface area contributed by atoms with Crippen molar-refractivity contribution in [2.75, 3.05) is 19.7 Å². The Morgan fingerprint density at radius 3 is 2.24 bits per heavy atom. The van der Waals surface area contributed by atoms with Crippen LogP contribution >= 0.6 is 0 Å². The molecule has 6 heteroatoms. The molecule has 0 aliphatic rings. The first-order valence-corrected chi connectivity index (χ1v) is 9.75. The molecule has 29 heavy (non-hydrogen) atoms. The fourth-order valence-corrected chi connectivity index (χ4v) is 2.63. The van der Waals surface area contributed by atoms with E-state index in [1.54, 1.807) is 0 Å². The maximum absolute atomic E-state index is 9.10. The first-order chi connectivity index (χ1) is 13.8. The van der Waals surface area contributed by atoms with Crippen LogP contribution in [0.25, 0.3) is 0 Å². The van der Waals surface area contributed by atoms with Gasteiger partial charge in [-0.1, -0.05) is 56.3 Å². The zero-order valence-electron chi connectivity index (χ0n) is 17.4. The molecular weight excluding hydrogens is 370 g/mol. The lowest BCUT2D eigenvalue weighted by molar-refractivity contribution is -0.159. The van der Waals surface area contributed by atoms with Crippen molar-refractivity contribution in [3.63, 3.8) is 0 Å². The first-order valence-electron chi connectivity index (χ1n) is 9.75. The molecule has 0 heterocycles. The van der Waals surface area contributed by atoms with Crippen LogP contribution in [0.2, 0.25) is 0 Å². The Kier molecular flexibility index (Phi) is 11.1. The van der Waals surface area contributed by atoms with Crippen LogP contribution in [-0.4, -0.2) is 41.8 Å². The van der Waals surface area contributed by atoms with Gasteiger partial charge in [0.1, 0.15) is 5.75 Å². The van der Waals surface area contributed by atoms with E-state index in [9.17, 15) is 0 Å². The second kappa shape index (κ2) is 13.3. The highest BCUT2D eigenvalue weighted by Gasteiger charge is 2.07. The summed E-state index contributed by atoms with van der Waals surface area (Å²) in [6.45, 7) is 9.32. The number of rotatable bonds is 9. The molecule has 0 aromatic heterocycles. The van der Waals surface area contributed by atoms with E-state index in [0.717, 1.165) is 38.3 Å². The number of aryl methyl sites for hydroxylation is 1. The van der Waals surface area contributed by atoms with Gasteiger partial charge in [0.05, 0.1) is 6.61 Å². The molecule has 0 fully saturated rings. The lowest BCUT2D eigenvalue weighted by atomic mass is 10.0. The lowest BCUT2D eigenvalue weighted by Crippen LogP contribution is -2.20. The van der Waals surface area contributed by atoms with Gasteiger partial charge in [-0.3, -0.25) is 0 Å². The molecule has 0 spiro atoms. The van der Waals surface area contributed by atoms with Gasteiger partial charge in [-0.2, -0.15) is 0 Å². The second-order valence-corrected chi connectivity index (χ2v) is 6.99. The molecule has 2 aromatic carbocycles. The Balaban J connectivity index is 0.000000612. The smallest absolute Gasteiger partial charge is 0.414 e. The topological polar surface area (TPSA) is 95.9 Å². The average molecular weight is 402 g/mol. The molecule has 3 N–H and O–H groups in total. The number of carboxylic acids is 2. The van der Waals surface area contributed by atoms with Gasteiger partial charge in [0.25, 0.3) is 0 Å². The van der Waals surface area contributed by atoms with Gasteiger partial charge in [-0.05, 0) is 61.5 Å². The van der Waals surface area contributed by atoms with E-state index >= 15 is 0 Å². The Labute approximate surface area is 172 Å². The van der Waals surface area contributed by atoms with Crippen molar-refractivity contribution in [3.8, 4) is 5.75 Å². The quantitative estimate of drug-likeness (QED) is 0.436. The van der Waals surface area contributed by atoms with E-state index in [2.05, 4.69) is 74.6 Å². The molecule has 0 aliphatic heterocycles. The van der Waals surface area contributed by atoms with E-state index in [-0.39, 0.29) is 0 Å². The Bertz CT molecular complexity index is 747. The van der Waals surface area contributed by atoms with Crippen LogP contribution in [0, 0.1) is 6.92 Å². The van der Waals surface area contributed by atoms with Crippen molar-refractivity contribution in [1.29, 1.82) is 0 Å². The molecular formula is C23H31NO5. The highest BCUT2D eigenvalue weighted by Crippen LogP contribution is 2.27. The van der Waals surface area contributed by atoms with Crippen LogP contribution < -0.4 is 10.1 Å². The fraction of sp³-hybridized carbons (Fsp3) is 0.391. The standard InChI is InChI=1S/C21H29NO.C2H2O4/c1-17(2)20-11-10-18(3)16-21(20)23-15-7-13-22-14-12-19-8-5-4-6-9-19;3-1(4)2(5)6/h4-6,8-11,16-17,22H,7,12-15H2,1-3H3;(H,3,4)(H,5,6). The summed E-state index contributed by atoms with van der Waals surface area (Å²) in [6.07, 6.45) is 2.11. The number of carboxylic acid groups (broad SMARTS) is 2. The van der Waals surface area contributed by atoms with Crippen molar-refractivity contribution in [3.05, 3.63) is 65.2 Å². The van der Waals surface area contributed by atoms with E-state index in [1.807, 2.05) is 0 Å².